The van der Waals surface area contributed by atoms with Crippen molar-refractivity contribution in [2.75, 3.05) is 0 Å². The highest BCUT2D eigenvalue weighted by Gasteiger charge is 2.09. The second-order valence-electron chi connectivity index (χ2n) is 4.24. The molecule has 0 heterocycles. The van der Waals surface area contributed by atoms with Crippen molar-refractivity contribution < 1.29 is 14.2 Å². The molecule has 0 aromatic heterocycles. The lowest BCUT2D eigenvalue weighted by atomic mass is 10.1. The summed E-state index contributed by atoms with van der Waals surface area (Å²) in [7, 11) is 0. The summed E-state index contributed by atoms with van der Waals surface area (Å²) in [5.41, 5.74) is 1.17. The monoisotopic (exact) mass is 324 g/mol. The summed E-state index contributed by atoms with van der Waals surface area (Å²) in [6, 6.07) is 12.0. The maximum absolute atomic E-state index is 13.7. The average molecular weight is 325 g/mol. The molecule has 2 aromatic rings. The zero-order valence-electron chi connectivity index (χ0n) is 10.4. The van der Waals surface area contributed by atoms with Crippen molar-refractivity contribution in [2.24, 2.45) is 0 Å². The Morgan fingerprint density at radius 3 is 2.68 bits per heavy atom. The Bertz CT molecular complexity index is 570. The zero-order chi connectivity index (χ0) is 13.8. The SMILES string of the molecule is C[C@@H](O)c1ccccc1OCc1ccc(Br)cc1F. The first-order chi connectivity index (χ1) is 9.08. The molecule has 0 aliphatic rings. The number of rotatable bonds is 4. The van der Waals surface area contributed by atoms with Crippen molar-refractivity contribution in [1.29, 1.82) is 0 Å². The minimum Gasteiger partial charge on any atom is -0.488 e. The van der Waals surface area contributed by atoms with Crippen LogP contribution in [-0.2, 0) is 6.61 Å². The van der Waals surface area contributed by atoms with Crippen LogP contribution in [0.2, 0.25) is 0 Å². The molecule has 0 aliphatic heterocycles. The van der Waals surface area contributed by atoms with Gasteiger partial charge in [-0.2, -0.15) is 0 Å². The maximum Gasteiger partial charge on any atom is 0.130 e. The number of ether oxygens (including phenoxy) is 1. The van der Waals surface area contributed by atoms with Gasteiger partial charge in [-0.3, -0.25) is 0 Å². The molecule has 1 N–H and O–H groups in total. The van der Waals surface area contributed by atoms with Gasteiger partial charge < -0.3 is 9.84 Å². The molecule has 2 nitrogen and oxygen atoms in total. The van der Waals surface area contributed by atoms with Crippen LogP contribution < -0.4 is 4.74 Å². The third kappa shape index (κ3) is 3.55. The van der Waals surface area contributed by atoms with E-state index in [1.54, 1.807) is 31.2 Å². The van der Waals surface area contributed by atoms with Crippen molar-refractivity contribution in [1.82, 2.24) is 0 Å². The molecule has 4 heteroatoms. The lowest BCUT2D eigenvalue weighted by molar-refractivity contribution is 0.190. The van der Waals surface area contributed by atoms with Gasteiger partial charge in [0, 0.05) is 15.6 Å². The molecule has 0 spiro atoms. The number of para-hydroxylation sites is 1. The number of aliphatic hydroxyl groups is 1. The van der Waals surface area contributed by atoms with Gasteiger partial charge in [-0.05, 0) is 25.1 Å². The van der Waals surface area contributed by atoms with Gasteiger partial charge in [0.1, 0.15) is 18.2 Å². The van der Waals surface area contributed by atoms with Crippen molar-refractivity contribution in [3.63, 3.8) is 0 Å². The fourth-order valence-electron chi connectivity index (χ4n) is 1.75. The summed E-state index contributed by atoms with van der Waals surface area (Å²) >= 11 is 3.21. The Morgan fingerprint density at radius 1 is 1.26 bits per heavy atom. The van der Waals surface area contributed by atoms with E-state index in [9.17, 15) is 9.50 Å². The Hall–Kier alpha value is -1.39. The van der Waals surface area contributed by atoms with Crippen LogP contribution in [0.4, 0.5) is 4.39 Å². The number of benzene rings is 2. The van der Waals surface area contributed by atoms with Crippen LogP contribution in [0.5, 0.6) is 5.75 Å². The molecule has 100 valence electrons. The fourth-order valence-corrected chi connectivity index (χ4v) is 2.08. The third-order valence-corrected chi connectivity index (χ3v) is 3.26. The number of hydrogen-bond donors (Lipinski definition) is 1. The highest BCUT2D eigenvalue weighted by molar-refractivity contribution is 9.10. The minimum absolute atomic E-state index is 0.128. The molecular formula is C15H14BrFO2. The molecule has 1 atom stereocenters. The summed E-state index contributed by atoms with van der Waals surface area (Å²) in [4.78, 5) is 0. The standard InChI is InChI=1S/C15H14BrFO2/c1-10(18)13-4-2-3-5-15(13)19-9-11-6-7-12(16)8-14(11)17/h2-8,10,18H,9H2,1H3/t10-/m1/s1. The molecular weight excluding hydrogens is 311 g/mol. The first kappa shape index (κ1) is 14.0. The summed E-state index contributed by atoms with van der Waals surface area (Å²) in [6.07, 6.45) is -0.619. The second-order valence-corrected chi connectivity index (χ2v) is 5.15. The summed E-state index contributed by atoms with van der Waals surface area (Å²) in [5, 5.41) is 9.63. The van der Waals surface area contributed by atoms with E-state index in [1.807, 2.05) is 12.1 Å². The predicted octanol–water partition coefficient (Wildman–Crippen LogP) is 4.22. The molecule has 0 saturated heterocycles. The highest BCUT2D eigenvalue weighted by atomic mass is 79.9. The maximum atomic E-state index is 13.7. The van der Waals surface area contributed by atoms with Gasteiger partial charge in [0.25, 0.3) is 0 Å². The van der Waals surface area contributed by atoms with E-state index < -0.39 is 6.10 Å². The Kier molecular flexibility index (Phi) is 4.56. The van der Waals surface area contributed by atoms with E-state index in [1.165, 1.54) is 6.07 Å². The first-order valence-corrected chi connectivity index (χ1v) is 6.71. The van der Waals surface area contributed by atoms with Gasteiger partial charge in [0.2, 0.25) is 0 Å². The summed E-state index contributed by atoms with van der Waals surface area (Å²) < 4.78 is 19.9. The van der Waals surface area contributed by atoms with E-state index in [-0.39, 0.29) is 12.4 Å². The van der Waals surface area contributed by atoms with Crippen LogP contribution in [0.1, 0.15) is 24.2 Å². The molecule has 0 unspecified atom stereocenters. The second kappa shape index (κ2) is 6.17. The predicted molar refractivity (Wildman–Crippen MR) is 75.5 cm³/mol. The van der Waals surface area contributed by atoms with E-state index >= 15 is 0 Å². The summed E-state index contributed by atoms with van der Waals surface area (Å²) in [5.74, 6) is 0.253. The summed E-state index contributed by atoms with van der Waals surface area (Å²) in [6.45, 7) is 1.80. The molecule has 0 radical (unpaired) electrons. The Labute approximate surface area is 120 Å². The topological polar surface area (TPSA) is 29.5 Å². The molecule has 2 aromatic carbocycles. The Morgan fingerprint density at radius 2 is 2.00 bits per heavy atom. The minimum atomic E-state index is -0.619. The van der Waals surface area contributed by atoms with E-state index in [0.717, 1.165) is 0 Å². The fraction of sp³-hybridized carbons (Fsp3) is 0.200. The van der Waals surface area contributed by atoms with Gasteiger partial charge in [-0.1, -0.05) is 40.2 Å². The molecule has 0 fully saturated rings. The van der Waals surface area contributed by atoms with E-state index in [4.69, 9.17) is 4.74 Å². The van der Waals surface area contributed by atoms with Gasteiger partial charge in [-0.15, -0.1) is 0 Å². The molecule has 0 amide bonds. The molecule has 0 aliphatic carbocycles. The highest BCUT2D eigenvalue weighted by Crippen LogP contribution is 2.26. The molecule has 2 rings (SSSR count). The largest absolute Gasteiger partial charge is 0.488 e. The molecule has 0 saturated carbocycles. The van der Waals surface area contributed by atoms with Gasteiger partial charge >= 0.3 is 0 Å². The normalized spacial score (nSPS) is 12.2. The lowest BCUT2D eigenvalue weighted by Crippen LogP contribution is -2.02. The van der Waals surface area contributed by atoms with E-state index in [2.05, 4.69) is 15.9 Å². The van der Waals surface area contributed by atoms with Crippen molar-refractivity contribution in [3.05, 3.63) is 63.9 Å². The number of aliphatic hydroxyl groups excluding tert-OH is 1. The average Bonchev–Trinajstić information content (AvgIpc) is 2.38. The lowest BCUT2D eigenvalue weighted by Gasteiger charge is -2.13. The van der Waals surface area contributed by atoms with Crippen LogP contribution in [0, 0.1) is 5.82 Å². The van der Waals surface area contributed by atoms with Crippen LogP contribution in [-0.4, -0.2) is 5.11 Å². The molecule has 0 bridgehead atoms. The van der Waals surface area contributed by atoms with Crippen LogP contribution >= 0.6 is 15.9 Å². The number of halogens is 2. The van der Waals surface area contributed by atoms with Crippen molar-refractivity contribution in [3.8, 4) is 5.75 Å². The quantitative estimate of drug-likeness (QED) is 0.912. The van der Waals surface area contributed by atoms with Gasteiger partial charge in [0.15, 0.2) is 0 Å². The smallest absolute Gasteiger partial charge is 0.130 e. The third-order valence-electron chi connectivity index (χ3n) is 2.77. The Balaban J connectivity index is 2.14. The zero-order valence-corrected chi connectivity index (χ0v) is 12.0. The van der Waals surface area contributed by atoms with Crippen molar-refractivity contribution >= 4 is 15.9 Å². The van der Waals surface area contributed by atoms with Crippen LogP contribution in [0.15, 0.2) is 46.9 Å². The van der Waals surface area contributed by atoms with Gasteiger partial charge in [-0.25, -0.2) is 4.39 Å². The number of hydrogen-bond acceptors (Lipinski definition) is 2. The van der Waals surface area contributed by atoms with Crippen LogP contribution in [0.25, 0.3) is 0 Å². The van der Waals surface area contributed by atoms with Crippen LogP contribution in [0.3, 0.4) is 0 Å². The van der Waals surface area contributed by atoms with Gasteiger partial charge in [0.05, 0.1) is 6.10 Å². The molecule has 19 heavy (non-hydrogen) atoms. The van der Waals surface area contributed by atoms with E-state index in [0.29, 0.717) is 21.3 Å². The van der Waals surface area contributed by atoms with Crippen molar-refractivity contribution in [2.45, 2.75) is 19.6 Å². The first-order valence-electron chi connectivity index (χ1n) is 5.91.